The minimum Gasteiger partial charge on any atom is -0.497 e. The van der Waals surface area contributed by atoms with Crippen molar-refractivity contribution in [2.45, 2.75) is 25.8 Å². The topological polar surface area (TPSA) is 75.7 Å². The number of carbonyl (C=O) groups is 1. The Balaban J connectivity index is 1.67. The molecule has 6 nitrogen and oxygen atoms in total. The number of anilines is 1. The number of methoxy groups -OCH3 is 1. The normalized spacial score (nSPS) is 12.1. The summed E-state index contributed by atoms with van der Waals surface area (Å²) >= 11 is 0. The van der Waals surface area contributed by atoms with E-state index in [0.717, 1.165) is 16.7 Å². The van der Waals surface area contributed by atoms with Gasteiger partial charge in [0.1, 0.15) is 5.75 Å². The van der Waals surface area contributed by atoms with Gasteiger partial charge >= 0.3 is 0 Å². The fourth-order valence-electron chi connectivity index (χ4n) is 3.61. The Kier molecular flexibility index (Phi) is 8.11. The van der Waals surface area contributed by atoms with Crippen molar-refractivity contribution in [3.8, 4) is 5.75 Å². The number of amides is 1. The van der Waals surface area contributed by atoms with Crippen molar-refractivity contribution >= 4 is 21.6 Å². The van der Waals surface area contributed by atoms with Crippen LogP contribution in [0.4, 0.5) is 5.69 Å². The Bertz CT molecular complexity index is 1150. The third-order valence-corrected chi connectivity index (χ3v) is 6.57. The standard InChI is InChI=1S/C26H30N2O4S/c1-20-11-13-22(14-12-20)26(21-8-5-4-6-9-21)27-25(29)10-7-19-28(33(3,30)31)23-15-17-24(32-2)18-16-23/h4-6,8-9,11-18,26H,7,10,19H2,1-3H3,(H,27,29). The summed E-state index contributed by atoms with van der Waals surface area (Å²) in [6.45, 7) is 2.23. The summed E-state index contributed by atoms with van der Waals surface area (Å²) in [5, 5.41) is 3.11. The van der Waals surface area contributed by atoms with Crippen LogP contribution in [0.15, 0.2) is 78.9 Å². The lowest BCUT2D eigenvalue weighted by molar-refractivity contribution is -0.121. The molecule has 0 spiro atoms. The fraction of sp³-hybridized carbons (Fsp3) is 0.269. The highest BCUT2D eigenvalue weighted by molar-refractivity contribution is 7.92. The molecule has 1 unspecified atom stereocenters. The van der Waals surface area contributed by atoms with E-state index in [1.807, 2.05) is 61.5 Å². The van der Waals surface area contributed by atoms with Crippen molar-refractivity contribution in [1.82, 2.24) is 5.32 Å². The lowest BCUT2D eigenvalue weighted by atomic mass is 9.97. The summed E-state index contributed by atoms with van der Waals surface area (Å²) in [7, 11) is -1.93. The molecule has 174 valence electrons. The first-order valence-electron chi connectivity index (χ1n) is 10.8. The SMILES string of the molecule is COc1ccc(N(CCCC(=O)NC(c2ccccc2)c2ccc(C)cc2)S(C)(=O)=O)cc1. The van der Waals surface area contributed by atoms with Crippen LogP contribution in [0.3, 0.4) is 0 Å². The molecule has 1 N–H and O–H groups in total. The molecule has 0 radical (unpaired) electrons. The highest BCUT2D eigenvalue weighted by atomic mass is 32.2. The molecule has 0 fully saturated rings. The first-order valence-corrected chi connectivity index (χ1v) is 12.7. The molecule has 0 bridgehead atoms. The van der Waals surface area contributed by atoms with Gasteiger partial charge in [-0.1, -0.05) is 60.2 Å². The summed E-state index contributed by atoms with van der Waals surface area (Å²) in [5.41, 5.74) is 3.68. The largest absolute Gasteiger partial charge is 0.497 e. The molecule has 3 rings (SSSR count). The molecular weight excluding hydrogens is 436 g/mol. The van der Waals surface area contributed by atoms with E-state index in [2.05, 4.69) is 5.32 Å². The number of benzene rings is 3. The highest BCUT2D eigenvalue weighted by Crippen LogP contribution is 2.24. The van der Waals surface area contributed by atoms with E-state index in [9.17, 15) is 13.2 Å². The van der Waals surface area contributed by atoms with E-state index in [1.165, 1.54) is 10.6 Å². The molecule has 3 aromatic carbocycles. The maximum Gasteiger partial charge on any atom is 0.232 e. The number of carbonyl (C=O) groups excluding carboxylic acids is 1. The van der Waals surface area contributed by atoms with Gasteiger partial charge in [-0.3, -0.25) is 9.10 Å². The lowest BCUT2D eigenvalue weighted by Crippen LogP contribution is -2.33. The molecule has 0 saturated heterocycles. The molecule has 0 aromatic heterocycles. The van der Waals surface area contributed by atoms with Crippen LogP contribution >= 0.6 is 0 Å². The Hall–Kier alpha value is -3.32. The van der Waals surface area contributed by atoms with E-state index in [-0.39, 0.29) is 24.9 Å². The van der Waals surface area contributed by atoms with E-state index in [4.69, 9.17) is 4.74 Å². The molecule has 33 heavy (non-hydrogen) atoms. The second-order valence-corrected chi connectivity index (χ2v) is 9.87. The third-order valence-electron chi connectivity index (χ3n) is 5.37. The number of ether oxygens (including phenoxy) is 1. The van der Waals surface area contributed by atoms with Crippen molar-refractivity contribution in [1.29, 1.82) is 0 Å². The maximum atomic E-state index is 12.8. The van der Waals surface area contributed by atoms with E-state index >= 15 is 0 Å². The molecule has 7 heteroatoms. The van der Waals surface area contributed by atoms with Crippen LogP contribution in [-0.2, 0) is 14.8 Å². The van der Waals surface area contributed by atoms with Gasteiger partial charge < -0.3 is 10.1 Å². The average Bonchev–Trinajstić information content (AvgIpc) is 2.81. The fourth-order valence-corrected chi connectivity index (χ4v) is 4.58. The minimum absolute atomic E-state index is 0.132. The molecule has 1 atom stereocenters. The number of sulfonamides is 1. The number of nitrogens with one attached hydrogen (secondary N) is 1. The van der Waals surface area contributed by atoms with Gasteiger partial charge in [-0.05, 0) is 48.7 Å². The summed E-state index contributed by atoms with van der Waals surface area (Å²) < 4.78 is 31.1. The Morgan fingerprint density at radius 3 is 2.12 bits per heavy atom. The second kappa shape index (κ2) is 11.0. The quantitative estimate of drug-likeness (QED) is 0.479. The van der Waals surface area contributed by atoms with Crippen molar-refractivity contribution in [2.75, 3.05) is 24.2 Å². The Labute approximate surface area is 196 Å². The van der Waals surface area contributed by atoms with Gasteiger partial charge in [0, 0.05) is 13.0 Å². The number of aryl methyl sites for hydroxylation is 1. The predicted molar refractivity (Wildman–Crippen MR) is 132 cm³/mol. The van der Waals surface area contributed by atoms with Crippen molar-refractivity contribution in [3.05, 3.63) is 95.6 Å². The monoisotopic (exact) mass is 466 g/mol. The maximum absolute atomic E-state index is 12.8. The molecule has 0 aliphatic carbocycles. The molecule has 0 saturated carbocycles. The van der Waals surface area contributed by atoms with Crippen LogP contribution < -0.4 is 14.4 Å². The third kappa shape index (κ3) is 6.83. The molecule has 3 aromatic rings. The molecule has 0 aliphatic heterocycles. The van der Waals surface area contributed by atoms with Crippen LogP contribution in [0.25, 0.3) is 0 Å². The summed E-state index contributed by atoms with van der Waals surface area (Å²) in [6.07, 6.45) is 1.76. The Morgan fingerprint density at radius 1 is 0.939 bits per heavy atom. The zero-order valence-corrected chi connectivity index (χ0v) is 20.0. The minimum atomic E-state index is -3.49. The van der Waals surface area contributed by atoms with Gasteiger partial charge in [-0.25, -0.2) is 8.42 Å². The summed E-state index contributed by atoms with van der Waals surface area (Å²) in [6, 6.07) is 24.4. The van der Waals surface area contributed by atoms with Gasteiger partial charge in [0.25, 0.3) is 0 Å². The van der Waals surface area contributed by atoms with Crippen LogP contribution in [0.5, 0.6) is 5.75 Å². The highest BCUT2D eigenvalue weighted by Gasteiger charge is 2.20. The van der Waals surface area contributed by atoms with Gasteiger partial charge in [0.05, 0.1) is 25.1 Å². The van der Waals surface area contributed by atoms with E-state index < -0.39 is 10.0 Å². The zero-order valence-electron chi connectivity index (χ0n) is 19.2. The molecule has 0 aliphatic rings. The van der Waals surface area contributed by atoms with Crippen molar-refractivity contribution < 1.29 is 17.9 Å². The van der Waals surface area contributed by atoms with Gasteiger partial charge in [0.2, 0.25) is 15.9 Å². The molecule has 1 amide bonds. The average molecular weight is 467 g/mol. The first kappa shape index (κ1) is 24.3. The molecular formula is C26H30N2O4S. The predicted octanol–water partition coefficient (Wildman–Crippen LogP) is 4.46. The van der Waals surface area contributed by atoms with Crippen LogP contribution in [0.2, 0.25) is 0 Å². The molecule has 0 heterocycles. The number of hydrogen-bond acceptors (Lipinski definition) is 4. The Morgan fingerprint density at radius 2 is 1.55 bits per heavy atom. The van der Waals surface area contributed by atoms with E-state index in [0.29, 0.717) is 17.9 Å². The van der Waals surface area contributed by atoms with Gasteiger partial charge in [-0.15, -0.1) is 0 Å². The zero-order chi connectivity index (χ0) is 23.8. The number of hydrogen-bond donors (Lipinski definition) is 1. The van der Waals surface area contributed by atoms with Gasteiger partial charge in [0.15, 0.2) is 0 Å². The summed E-state index contributed by atoms with van der Waals surface area (Å²) in [5.74, 6) is 0.516. The number of nitrogens with zero attached hydrogens (tertiary/aromatic N) is 1. The van der Waals surface area contributed by atoms with Crippen LogP contribution in [0, 0.1) is 6.92 Å². The van der Waals surface area contributed by atoms with Crippen LogP contribution in [0.1, 0.15) is 35.6 Å². The second-order valence-electron chi connectivity index (χ2n) is 7.96. The van der Waals surface area contributed by atoms with E-state index in [1.54, 1.807) is 31.4 Å². The van der Waals surface area contributed by atoms with Crippen LogP contribution in [-0.4, -0.2) is 34.2 Å². The number of rotatable bonds is 10. The van der Waals surface area contributed by atoms with Gasteiger partial charge in [-0.2, -0.15) is 0 Å². The summed E-state index contributed by atoms with van der Waals surface area (Å²) in [4.78, 5) is 12.8. The smallest absolute Gasteiger partial charge is 0.232 e. The van der Waals surface area contributed by atoms with Crippen molar-refractivity contribution in [2.24, 2.45) is 0 Å². The van der Waals surface area contributed by atoms with Crippen molar-refractivity contribution in [3.63, 3.8) is 0 Å². The lowest BCUT2D eigenvalue weighted by Gasteiger charge is -2.23. The first-order chi connectivity index (χ1) is 15.8.